The van der Waals surface area contributed by atoms with Gasteiger partial charge in [-0.1, -0.05) is 11.6 Å². The molecule has 0 fully saturated rings. The van der Waals surface area contributed by atoms with E-state index in [9.17, 15) is 0 Å². The number of thiophene rings is 1. The van der Waals surface area contributed by atoms with Gasteiger partial charge in [0.2, 0.25) is 0 Å². The van der Waals surface area contributed by atoms with E-state index in [2.05, 4.69) is 24.0 Å². The Morgan fingerprint density at radius 1 is 1.67 bits per heavy atom. The topological polar surface area (TPSA) is 12.0 Å². The van der Waals surface area contributed by atoms with Gasteiger partial charge in [-0.2, -0.15) is 12.6 Å². The highest BCUT2D eigenvalue weighted by atomic mass is 35.5. The fourth-order valence-electron chi connectivity index (χ4n) is 1.07. The number of nitrogens with one attached hydrogen (secondary N) is 1. The Hall–Kier alpha value is 0.300. The first kappa shape index (κ1) is 10.4. The molecule has 1 nitrogen and oxygen atoms in total. The lowest BCUT2D eigenvalue weighted by Gasteiger charge is -2.11. The first-order chi connectivity index (χ1) is 5.77. The zero-order valence-electron chi connectivity index (χ0n) is 6.88. The molecule has 1 heterocycles. The maximum absolute atomic E-state index is 5.83. The second kappa shape index (κ2) is 5.12. The Bertz CT molecular complexity index is 237. The van der Waals surface area contributed by atoms with Crippen molar-refractivity contribution in [3.8, 4) is 0 Å². The molecule has 68 valence electrons. The van der Waals surface area contributed by atoms with Crippen LogP contribution in [0.1, 0.15) is 17.3 Å². The van der Waals surface area contributed by atoms with Gasteiger partial charge in [-0.3, -0.25) is 0 Å². The molecule has 0 radical (unpaired) electrons. The van der Waals surface area contributed by atoms with Gasteiger partial charge >= 0.3 is 0 Å². The predicted octanol–water partition coefficient (Wildman–Crippen LogP) is 2.98. The highest BCUT2D eigenvalue weighted by Gasteiger charge is 2.09. The normalized spacial score (nSPS) is 13.2. The van der Waals surface area contributed by atoms with Crippen molar-refractivity contribution in [2.75, 3.05) is 12.8 Å². The maximum atomic E-state index is 5.83. The summed E-state index contributed by atoms with van der Waals surface area (Å²) in [6, 6.07) is 4.40. The second-order valence-electron chi connectivity index (χ2n) is 2.50. The van der Waals surface area contributed by atoms with Crippen LogP contribution in [-0.2, 0) is 0 Å². The molecular weight excluding hydrogens is 210 g/mol. The molecule has 1 aromatic rings. The van der Waals surface area contributed by atoms with Crippen LogP contribution in [-0.4, -0.2) is 12.8 Å². The zero-order chi connectivity index (χ0) is 8.97. The fraction of sp³-hybridized carbons (Fsp3) is 0.500. The molecule has 0 aliphatic heterocycles. The smallest absolute Gasteiger partial charge is 0.0931 e. The van der Waals surface area contributed by atoms with E-state index in [0.29, 0.717) is 6.04 Å². The molecule has 0 aliphatic rings. The summed E-state index contributed by atoms with van der Waals surface area (Å²) in [4.78, 5) is 1.29. The summed E-state index contributed by atoms with van der Waals surface area (Å²) in [6.07, 6.45) is 1.04. The van der Waals surface area contributed by atoms with Gasteiger partial charge in [0.15, 0.2) is 0 Å². The molecule has 4 heteroatoms. The van der Waals surface area contributed by atoms with E-state index in [1.165, 1.54) is 4.88 Å². The molecule has 1 unspecified atom stereocenters. The van der Waals surface area contributed by atoms with Gasteiger partial charge in [-0.05, 0) is 31.4 Å². The van der Waals surface area contributed by atoms with Crippen LogP contribution in [0, 0.1) is 0 Å². The van der Waals surface area contributed by atoms with Crippen molar-refractivity contribution in [2.45, 2.75) is 12.5 Å². The van der Waals surface area contributed by atoms with Gasteiger partial charge < -0.3 is 5.32 Å². The third-order valence-corrected chi connectivity index (χ3v) is 3.31. The molecule has 0 aromatic carbocycles. The molecule has 0 bridgehead atoms. The second-order valence-corrected chi connectivity index (χ2v) is 4.69. The largest absolute Gasteiger partial charge is 0.312 e. The minimum absolute atomic E-state index is 0.403. The van der Waals surface area contributed by atoms with Crippen molar-refractivity contribution in [1.29, 1.82) is 0 Å². The van der Waals surface area contributed by atoms with Crippen molar-refractivity contribution in [3.05, 3.63) is 21.3 Å². The van der Waals surface area contributed by atoms with Crippen LogP contribution in [0.25, 0.3) is 0 Å². The molecule has 0 spiro atoms. The fourth-order valence-corrected chi connectivity index (χ4v) is 2.54. The highest BCUT2D eigenvalue weighted by molar-refractivity contribution is 7.80. The number of hydrogen-bond donors (Lipinski definition) is 2. The molecule has 0 saturated carbocycles. The number of hydrogen-bond acceptors (Lipinski definition) is 3. The van der Waals surface area contributed by atoms with E-state index >= 15 is 0 Å². The van der Waals surface area contributed by atoms with E-state index in [4.69, 9.17) is 11.6 Å². The average molecular weight is 222 g/mol. The molecule has 1 atom stereocenters. The quantitative estimate of drug-likeness (QED) is 0.746. The van der Waals surface area contributed by atoms with Crippen LogP contribution in [0.5, 0.6) is 0 Å². The van der Waals surface area contributed by atoms with E-state index < -0.39 is 0 Å². The van der Waals surface area contributed by atoms with Gasteiger partial charge in [-0.15, -0.1) is 11.3 Å². The summed E-state index contributed by atoms with van der Waals surface area (Å²) >= 11 is 11.7. The van der Waals surface area contributed by atoms with Crippen molar-refractivity contribution in [2.24, 2.45) is 0 Å². The lowest BCUT2D eigenvalue weighted by molar-refractivity contribution is 0.591. The predicted molar refractivity (Wildman–Crippen MR) is 59.6 cm³/mol. The summed E-state index contributed by atoms with van der Waals surface area (Å²) in [5.74, 6) is 0.890. The van der Waals surface area contributed by atoms with Gasteiger partial charge in [0.1, 0.15) is 0 Å². The van der Waals surface area contributed by atoms with Gasteiger partial charge in [0, 0.05) is 10.9 Å². The molecule has 0 aliphatic carbocycles. The van der Waals surface area contributed by atoms with E-state index in [1.54, 1.807) is 11.3 Å². The summed E-state index contributed by atoms with van der Waals surface area (Å²) < 4.78 is 0.851. The third kappa shape index (κ3) is 2.66. The summed E-state index contributed by atoms with van der Waals surface area (Å²) in [6.45, 7) is 0. The van der Waals surface area contributed by atoms with Crippen molar-refractivity contribution >= 4 is 35.6 Å². The Kier molecular flexibility index (Phi) is 4.43. The van der Waals surface area contributed by atoms with Crippen molar-refractivity contribution in [3.63, 3.8) is 0 Å². The van der Waals surface area contributed by atoms with Gasteiger partial charge in [-0.25, -0.2) is 0 Å². The first-order valence-electron chi connectivity index (χ1n) is 3.81. The summed E-state index contributed by atoms with van der Waals surface area (Å²) in [5.41, 5.74) is 0. The molecular formula is C8H12ClNS2. The Morgan fingerprint density at radius 2 is 2.42 bits per heavy atom. The van der Waals surface area contributed by atoms with Crippen molar-refractivity contribution in [1.82, 2.24) is 5.32 Å². The lowest BCUT2D eigenvalue weighted by Crippen LogP contribution is -2.15. The monoisotopic (exact) mass is 221 g/mol. The molecule has 1 aromatic heterocycles. The van der Waals surface area contributed by atoms with Crippen LogP contribution in [0.15, 0.2) is 12.1 Å². The average Bonchev–Trinajstić information content (AvgIpc) is 2.47. The molecule has 1 rings (SSSR count). The van der Waals surface area contributed by atoms with E-state index in [1.807, 2.05) is 13.1 Å². The number of halogens is 1. The first-order valence-corrected chi connectivity index (χ1v) is 5.64. The number of thiol groups is 1. The molecule has 0 amide bonds. The third-order valence-electron chi connectivity index (χ3n) is 1.70. The van der Waals surface area contributed by atoms with E-state index in [-0.39, 0.29) is 0 Å². The van der Waals surface area contributed by atoms with Crippen molar-refractivity contribution < 1.29 is 0 Å². The van der Waals surface area contributed by atoms with Crippen LogP contribution in [0.2, 0.25) is 4.34 Å². The minimum atomic E-state index is 0.403. The summed E-state index contributed by atoms with van der Waals surface area (Å²) in [5, 5.41) is 3.24. The van der Waals surface area contributed by atoms with Crippen LogP contribution in [0.3, 0.4) is 0 Å². The minimum Gasteiger partial charge on any atom is -0.312 e. The highest BCUT2D eigenvalue weighted by Crippen LogP contribution is 2.28. The molecule has 12 heavy (non-hydrogen) atoms. The Balaban J connectivity index is 2.66. The van der Waals surface area contributed by atoms with Crippen LogP contribution < -0.4 is 5.32 Å². The lowest BCUT2D eigenvalue weighted by atomic mass is 10.2. The molecule has 1 N–H and O–H groups in total. The summed E-state index contributed by atoms with van der Waals surface area (Å²) in [7, 11) is 1.96. The maximum Gasteiger partial charge on any atom is 0.0931 e. The number of rotatable bonds is 4. The standard InChI is InChI=1S/C8H12ClNS2/c1-10-6(4-5-11)7-2-3-8(9)12-7/h2-3,6,10-11H,4-5H2,1H3. The van der Waals surface area contributed by atoms with Gasteiger partial charge in [0.25, 0.3) is 0 Å². The van der Waals surface area contributed by atoms with Crippen LogP contribution in [0.4, 0.5) is 0 Å². The van der Waals surface area contributed by atoms with Gasteiger partial charge in [0.05, 0.1) is 4.34 Å². The molecule has 0 saturated heterocycles. The SMILES string of the molecule is CNC(CCS)c1ccc(Cl)s1. The Labute approximate surface area is 87.5 Å². The van der Waals surface area contributed by atoms with E-state index in [0.717, 1.165) is 16.5 Å². The zero-order valence-corrected chi connectivity index (χ0v) is 9.35. The Morgan fingerprint density at radius 3 is 2.83 bits per heavy atom. The van der Waals surface area contributed by atoms with Crippen LogP contribution >= 0.6 is 35.6 Å².